The molecule has 0 unspecified atom stereocenters. The summed E-state index contributed by atoms with van der Waals surface area (Å²) in [6.45, 7) is 12.5. The first-order chi connectivity index (χ1) is 18.3. The molecule has 1 aliphatic rings. The third kappa shape index (κ3) is 8.03. The van der Waals surface area contributed by atoms with Crippen molar-refractivity contribution in [2.45, 2.75) is 43.6 Å². The lowest BCUT2D eigenvalue weighted by Gasteiger charge is -2.36. The minimum absolute atomic E-state index is 0.0695. The zero-order valence-corrected chi connectivity index (χ0v) is 23.8. The highest BCUT2D eigenvalue weighted by molar-refractivity contribution is 7.98. The van der Waals surface area contributed by atoms with Gasteiger partial charge in [0.2, 0.25) is 0 Å². The van der Waals surface area contributed by atoms with Crippen molar-refractivity contribution in [2.24, 2.45) is 0 Å². The van der Waals surface area contributed by atoms with E-state index in [4.69, 9.17) is 14.7 Å². The maximum atomic E-state index is 12.2. The highest BCUT2D eigenvalue weighted by atomic mass is 32.2. The monoisotopic (exact) mass is 533 g/mol. The fourth-order valence-corrected chi connectivity index (χ4v) is 5.08. The number of nitrogens with one attached hydrogen (secondary N) is 1. The average Bonchev–Trinajstić information content (AvgIpc) is 2.92. The van der Waals surface area contributed by atoms with Crippen molar-refractivity contribution in [3.63, 3.8) is 0 Å². The topological polar surface area (TPSA) is 70.6 Å². The third-order valence-corrected chi connectivity index (χ3v) is 7.50. The van der Waals surface area contributed by atoms with E-state index in [1.807, 2.05) is 24.3 Å². The van der Waals surface area contributed by atoms with Crippen LogP contribution in [0, 0.1) is 0 Å². The van der Waals surface area contributed by atoms with Gasteiger partial charge in [-0.05, 0) is 23.3 Å². The molecular weight excluding hydrogens is 494 g/mol. The molecule has 0 radical (unpaired) electrons. The van der Waals surface area contributed by atoms with Crippen LogP contribution in [0.3, 0.4) is 0 Å². The molecule has 0 aliphatic carbocycles. The van der Waals surface area contributed by atoms with Crippen LogP contribution in [-0.2, 0) is 22.4 Å². The van der Waals surface area contributed by atoms with E-state index in [1.54, 1.807) is 18.9 Å². The lowest BCUT2D eigenvalue weighted by atomic mass is 9.92. The van der Waals surface area contributed by atoms with Gasteiger partial charge in [0, 0.05) is 69.2 Å². The van der Waals surface area contributed by atoms with Crippen LogP contribution in [0.15, 0.2) is 65.8 Å². The summed E-state index contributed by atoms with van der Waals surface area (Å²) in [5, 5.41) is 3.64. The van der Waals surface area contributed by atoms with Crippen molar-refractivity contribution in [1.82, 2.24) is 20.2 Å². The second-order valence-electron chi connectivity index (χ2n) is 10.6. The summed E-state index contributed by atoms with van der Waals surface area (Å²) in [4.78, 5) is 27.0. The van der Waals surface area contributed by atoms with Crippen molar-refractivity contribution >= 4 is 23.5 Å². The van der Waals surface area contributed by atoms with Gasteiger partial charge in [-0.15, -0.1) is 0 Å². The highest BCUT2D eigenvalue weighted by Gasteiger charge is 2.23. The zero-order valence-electron chi connectivity index (χ0n) is 22.9. The third-order valence-electron chi connectivity index (χ3n) is 6.58. The number of anilines is 1. The highest BCUT2D eigenvalue weighted by Crippen LogP contribution is 2.29. The molecule has 0 bridgehead atoms. The number of benzene rings is 2. The Morgan fingerprint density at radius 2 is 1.68 bits per heavy atom. The van der Waals surface area contributed by atoms with Gasteiger partial charge in [-0.1, -0.05) is 75.0 Å². The summed E-state index contributed by atoms with van der Waals surface area (Å²) in [5.74, 6) is 1.66. The molecule has 1 aromatic heterocycles. The quantitative estimate of drug-likeness (QED) is 0.229. The fraction of sp³-hybridized carbons (Fsp3) is 0.433. The van der Waals surface area contributed by atoms with Crippen molar-refractivity contribution in [3.05, 3.63) is 83.0 Å². The Morgan fingerprint density at radius 1 is 0.974 bits per heavy atom. The maximum Gasteiger partial charge on any atom is 0.251 e. The molecule has 1 amide bonds. The predicted octanol–water partition coefficient (Wildman–Crippen LogP) is 4.76. The smallest absolute Gasteiger partial charge is 0.251 e. The van der Waals surface area contributed by atoms with Crippen LogP contribution in [-0.4, -0.2) is 67.2 Å². The summed E-state index contributed by atoms with van der Waals surface area (Å²) >= 11 is 1.64. The van der Waals surface area contributed by atoms with Gasteiger partial charge in [0.15, 0.2) is 5.16 Å². The number of rotatable bonds is 10. The molecule has 0 spiro atoms. The number of methoxy groups -OCH3 is 1. The van der Waals surface area contributed by atoms with Gasteiger partial charge in [-0.25, -0.2) is 9.97 Å². The molecule has 0 saturated carbocycles. The van der Waals surface area contributed by atoms with Crippen LogP contribution in [0.25, 0.3) is 0 Å². The number of nitrogens with zero attached hydrogens (tertiary/aromatic N) is 4. The van der Waals surface area contributed by atoms with E-state index in [-0.39, 0.29) is 11.3 Å². The number of aromatic nitrogens is 2. The number of carbonyl (C=O) groups excluding carboxylic acids is 1. The molecule has 8 heteroatoms. The summed E-state index contributed by atoms with van der Waals surface area (Å²) in [5.41, 5.74) is 4.12. The summed E-state index contributed by atoms with van der Waals surface area (Å²) in [7, 11) is 1.62. The average molecular weight is 534 g/mol. The molecule has 1 aliphatic heterocycles. The molecular formula is C30H39N5O2S. The van der Waals surface area contributed by atoms with Crippen LogP contribution in [0.4, 0.5) is 5.82 Å². The maximum absolute atomic E-state index is 12.2. The molecule has 4 rings (SSSR count). The Kier molecular flexibility index (Phi) is 9.77. The number of piperazine rings is 1. The molecule has 1 N–H and O–H groups in total. The van der Waals surface area contributed by atoms with Gasteiger partial charge >= 0.3 is 0 Å². The van der Waals surface area contributed by atoms with Crippen LogP contribution < -0.4 is 10.2 Å². The van der Waals surface area contributed by atoms with E-state index >= 15 is 0 Å². The number of ether oxygens (including phenoxy) is 1. The van der Waals surface area contributed by atoms with E-state index in [9.17, 15) is 4.79 Å². The molecule has 1 saturated heterocycles. The molecule has 0 atom stereocenters. The summed E-state index contributed by atoms with van der Waals surface area (Å²) < 4.78 is 4.99. The number of hydrogen-bond donors (Lipinski definition) is 1. The first-order valence-electron chi connectivity index (χ1n) is 13.2. The van der Waals surface area contributed by atoms with E-state index in [2.05, 4.69) is 72.3 Å². The van der Waals surface area contributed by atoms with E-state index in [0.717, 1.165) is 60.7 Å². The lowest BCUT2D eigenvalue weighted by Crippen LogP contribution is -2.46. The largest absolute Gasteiger partial charge is 0.383 e. The van der Waals surface area contributed by atoms with Crippen molar-refractivity contribution in [1.29, 1.82) is 0 Å². The SMILES string of the molecule is COCCNC(=O)c1ccc(CSc2nc(N3CCN(Cc4ccccc4)CC3)cc(C(C)(C)C)n2)cc1. The van der Waals surface area contributed by atoms with Gasteiger partial charge in [-0.2, -0.15) is 0 Å². The molecule has 202 valence electrons. The molecule has 2 aromatic carbocycles. The van der Waals surface area contributed by atoms with Gasteiger partial charge in [0.05, 0.1) is 12.3 Å². The number of hydrogen-bond acceptors (Lipinski definition) is 7. The molecule has 7 nitrogen and oxygen atoms in total. The Hall–Kier alpha value is -2.94. The molecule has 1 fully saturated rings. The molecule has 2 heterocycles. The normalized spacial score (nSPS) is 14.5. The van der Waals surface area contributed by atoms with E-state index < -0.39 is 0 Å². The second kappa shape index (κ2) is 13.2. The van der Waals surface area contributed by atoms with Gasteiger partial charge < -0.3 is 15.0 Å². The Morgan fingerprint density at radius 3 is 2.34 bits per heavy atom. The number of amides is 1. The van der Waals surface area contributed by atoms with Gasteiger partial charge in [-0.3, -0.25) is 9.69 Å². The predicted molar refractivity (Wildman–Crippen MR) is 155 cm³/mol. The van der Waals surface area contributed by atoms with Gasteiger partial charge in [0.25, 0.3) is 5.91 Å². The second-order valence-corrected chi connectivity index (χ2v) is 11.6. The Bertz CT molecular complexity index is 1170. The number of thioether (sulfide) groups is 1. The van der Waals surface area contributed by atoms with E-state index in [0.29, 0.717) is 18.7 Å². The van der Waals surface area contributed by atoms with Crippen LogP contribution in [0.2, 0.25) is 0 Å². The Labute approximate surface area is 231 Å². The standard InChI is InChI=1S/C30H39N5O2S/c1-30(2,3)26-20-27(35-17-15-34(16-18-35)21-23-8-6-5-7-9-23)33-29(32-26)38-22-24-10-12-25(13-11-24)28(36)31-14-19-37-4/h5-13,20H,14-19,21-22H2,1-4H3,(H,31,36). The minimum atomic E-state index is -0.0871. The van der Waals surface area contributed by atoms with Gasteiger partial charge in [0.1, 0.15) is 5.82 Å². The van der Waals surface area contributed by atoms with Crippen LogP contribution in [0.5, 0.6) is 0 Å². The van der Waals surface area contributed by atoms with Crippen molar-refractivity contribution in [2.75, 3.05) is 51.3 Å². The summed E-state index contributed by atoms with van der Waals surface area (Å²) in [6, 6.07) is 20.6. The Balaban J connectivity index is 1.39. The minimum Gasteiger partial charge on any atom is -0.383 e. The lowest BCUT2D eigenvalue weighted by molar-refractivity contribution is 0.0937. The van der Waals surface area contributed by atoms with Crippen molar-refractivity contribution < 1.29 is 9.53 Å². The van der Waals surface area contributed by atoms with Crippen LogP contribution >= 0.6 is 11.8 Å². The molecule has 38 heavy (non-hydrogen) atoms. The number of carbonyl (C=O) groups is 1. The van der Waals surface area contributed by atoms with Crippen molar-refractivity contribution in [3.8, 4) is 0 Å². The van der Waals surface area contributed by atoms with E-state index in [1.165, 1.54) is 5.56 Å². The fourth-order valence-electron chi connectivity index (χ4n) is 4.27. The first kappa shape index (κ1) is 28.1. The van der Waals surface area contributed by atoms with Crippen LogP contribution in [0.1, 0.15) is 48.0 Å². The first-order valence-corrected chi connectivity index (χ1v) is 14.2. The summed E-state index contributed by atoms with van der Waals surface area (Å²) in [6.07, 6.45) is 0. The molecule has 3 aromatic rings. The zero-order chi connectivity index (χ0) is 27.0.